The van der Waals surface area contributed by atoms with Crippen molar-refractivity contribution in [2.45, 2.75) is 45.4 Å². The van der Waals surface area contributed by atoms with Crippen molar-refractivity contribution in [3.05, 3.63) is 0 Å². The van der Waals surface area contributed by atoms with Gasteiger partial charge in [-0.15, -0.1) is 0 Å². The smallest absolute Gasteiger partial charge is 0.410 e. The molecule has 0 aromatic carbocycles. The third kappa shape index (κ3) is 4.50. The highest BCUT2D eigenvalue weighted by Crippen LogP contribution is 2.25. The molecule has 0 aliphatic carbocycles. The van der Waals surface area contributed by atoms with E-state index < -0.39 is 29.8 Å². The van der Waals surface area contributed by atoms with Crippen molar-refractivity contribution in [1.29, 1.82) is 0 Å². The molecule has 1 amide bonds. The average molecular weight is 261 g/mol. The number of alkyl halides is 1. The van der Waals surface area contributed by atoms with Crippen molar-refractivity contribution in [2.24, 2.45) is 5.92 Å². The van der Waals surface area contributed by atoms with Crippen LogP contribution >= 0.6 is 0 Å². The van der Waals surface area contributed by atoms with E-state index in [0.29, 0.717) is 0 Å². The van der Waals surface area contributed by atoms with Crippen LogP contribution in [0.1, 0.15) is 33.6 Å². The number of amides is 1. The number of carbonyl (C=O) groups excluding carboxylic acids is 1. The highest BCUT2D eigenvalue weighted by Gasteiger charge is 2.37. The normalized spacial score (nSPS) is 24.1. The van der Waals surface area contributed by atoms with Crippen LogP contribution in [0.2, 0.25) is 0 Å². The molecule has 0 bridgehead atoms. The van der Waals surface area contributed by atoms with Crippen LogP contribution in [-0.2, 0) is 9.53 Å². The van der Waals surface area contributed by atoms with E-state index in [1.54, 1.807) is 20.8 Å². The van der Waals surface area contributed by atoms with Crippen LogP contribution in [0.15, 0.2) is 0 Å². The zero-order valence-electron chi connectivity index (χ0n) is 11.0. The quantitative estimate of drug-likeness (QED) is 0.844. The molecular weight excluding hydrogens is 241 g/mol. The molecule has 6 heteroatoms. The number of carboxylic acid groups (broad SMARTS) is 1. The monoisotopic (exact) mass is 261 g/mol. The van der Waals surface area contributed by atoms with Gasteiger partial charge in [0, 0.05) is 18.9 Å². The summed E-state index contributed by atoms with van der Waals surface area (Å²) >= 11 is 0. The fourth-order valence-corrected chi connectivity index (χ4v) is 1.89. The van der Waals surface area contributed by atoms with Crippen LogP contribution in [-0.4, -0.2) is 46.9 Å². The minimum atomic E-state index is -1.17. The van der Waals surface area contributed by atoms with Gasteiger partial charge in [0.1, 0.15) is 11.8 Å². The molecule has 1 N–H and O–H groups in total. The molecule has 1 aliphatic rings. The summed E-state index contributed by atoms with van der Waals surface area (Å²) in [7, 11) is 0. The highest BCUT2D eigenvalue weighted by molar-refractivity contribution is 5.69. The third-order valence-corrected chi connectivity index (χ3v) is 2.74. The lowest BCUT2D eigenvalue weighted by atomic mass is 10.0. The van der Waals surface area contributed by atoms with Crippen molar-refractivity contribution >= 4 is 12.1 Å². The van der Waals surface area contributed by atoms with Gasteiger partial charge < -0.3 is 14.7 Å². The maximum atomic E-state index is 13.6. The Labute approximate surface area is 106 Å². The van der Waals surface area contributed by atoms with Gasteiger partial charge in [0.05, 0.1) is 6.54 Å². The van der Waals surface area contributed by atoms with Gasteiger partial charge in [-0.2, -0.15) is 0 Å². The molecule has 1 rings (SSSR count). The Hall–Kier alpha value is -1.33. The van der Waals surface area contributed by atoms with Crippen LogP contribution in [0.25, 0.3) is 0 Å². The van der Waals surface area contributed by atoms with Crippen LogP contribution in [0.3, 0.4) is 0 Å². The fourth-order valence-electron chi connectivity index (χ4n) is 1.89. The summed E-state index contributed by atoms with van der Waals surface area (Å²) in [5.74, 6) is -1.36. The standard InChI is InChI=1S/C12H20FNO4/c1-12(2,3)18-11(17)14-6-8(9(13)7-14)4-5-10(15)16/h8-9H,4-7H2,1-3H3,(H,15,16)/t8-,9-/m1/s1. The second-order valence-electron chi connectivity index (χ2n) is 5.59. The Bertz CT molecular complexity index is 327. The molecular formula is C12H20FNO4. The molecule has 18 heavy (non-hydrogen) atoms. The molecule has 1 aliphatic heterocycles. The van der Waals surface area contributed by atoms with Gasteiger partial charge >= 0.3 is 12.1 Å². The average Bonchev–Trinajstić information content (AvgIpc) is 2.54. The number of hydrogen-bond acceptors (Lipinski definition) is 3. The van der Waals surface area contributed by atoms with Gasteiger partial charge in [-0.1, -0.05) is 0 Å². The SMILES string of the molecule is CC(C)(C)OC(=O)N1C[C@@H](CCC(=O)O)[C@H](F)C1. The van der Waals surface area contributed by atoms with Gasteiger partial charge in [0.25, 0.3) is 0 Å². The first-order valence-electron chi connectivity index (χ1n) is 6.03. The van der Waals surface area contributed by atoms with Crippen LogP contribution in [0, 0.1) is 5.92 Å². The minimum absolute atomic E-state index is 0.0147. The number of likely N-dealkylation sites (tertiary alicyclic amines) is 1. The summed E-state index contributed by atoms with van der Waals surface area (Å²) in [6.07, 6.45) is -1.54. The molecule has 1 saturated heterocycles. The summed E-state index contributed by atoms with van der Waals surface area (Å²) < 4.78 is 18.8. The number of ether oxygens (including phenoxy) is 1. The Morgan fingerprint density at radius 2 is 2.00 bits per heavy atom. The molecule has 1 heterocycles. The molecule has 5 nitrogen and oxygen atoms in total. The van der Waals surface area contributed by atoms with Crippen molar-refractivity contribution in [1.82, 2.24) is 4.90 Å². The van der Waals surface area contributed by atoms with Gasteiger partial charge in [-0.05, 0) is 27.2 Å². The lowest BCUT2D eigenvalue weighted by molar-refractivity contribution is -0.137. The Kier molecular flexibility index (Phi) is 4.53. The Morgan fingerprint density at radius 1 is 1.39 bits per heavy atom. The molecule has 1 fully saturated rings. The van der Waals surface area contributed by atoms with E-state index >= 15 is 0 Å². The number of hydrogen-bond donors (Lipinski definition) is 1. The van der Waals surface area contributed by atoms with E-state index in [1.165, 1.54) is 4.90 Å². The van der Waals surface area contributed by atoms with E-state index in [1.807, 2.05) is 0 Å². The Balaban J connectivity index is 2.47. The highest BCUT2D eigenvalue weighted by atomic mass is 19.1. The molecule has 0 aromatic heterocycles. The molecule has 104 valence electrons. The topological polar surface area (TPSA) is 66.8 Å². The lowest BCUT2D eigenvalue weighted by Crippen LogP contribution is -2.35. The maximum absolute atomic E-state index is 13.6. The number of halogens is 1. The molecule has 0 aromatic rings. The first kappa shape index (κ1) is 14.7. The van der Waals surface area contributed by atoms with Crippen molar-refractivity contribution in [2.75, 3.05) is 13.1 Å². The van der Waals surface area contributed by atoms with E-state index in [4.69, 9.17) is 9.84 Å². The summed E-state index contributed by atoms with van der Waals surface area (Å²) in [5.41, 5.74) is -0.609. The lowest BCUT2D eigenvalue weighted by Gasteiger charge is -2.24. The van der Waals surface area contributed by atoms with Gasteiger partial charge in [-0.3, -0.25) is 4.79 Å². The largest absolute Gasteiger partial charge is 0.481 e. The Morgan fingerprint density at radius 3 is 2.50 bits per heavy atom. The molecule has 0 spiro atoms. The van der Waals surface area contributed by atoms with Crippen LogP contribution in [0.4, 0.5) is 9.18 Å². The molecule has 0 saturated carbocycles. The summed E-state index contributed by atoms with van der Waals surface area (Å²) in [4.78, 5) is 23.5. The van der Waals surface area contributed by atoms with Gasteiger partial charge in [0.15, 0.2) is 0 Å². The number of carboxylic acids is 1. The number of rotatable bonds is 3. The molecule has 0 radical (unpaired) electrons. The maximum Gasteiger partial charge on any atom is 0.410 e. The van der Waals surface area contributed by atoms with Crippen LogP contribution < -0.4 is 0 Å². The second kappa shape index (κ2) is 5.54. The fraction of sp³-hybridized carbons (Fsp3) is 0.833. The molecule has 0 unspecified atom stereocenters. The first-order valence-corrected chi connectivity index (χ1v) is 6.03. The van der Waals surface area contributed by atoms with Crippen molar-refractivity contribution in [3.63, 3.8) is 0 Å². The van der Waals surface area contributed by atoms with Gasteiger partial charge in [0.2, 0.25) is 0 Å². The number of aliphatic carboxylic acids is 1. The van der Waals surface area contributed by atoms with Gasteiger partial charge in [-0.25, -0.2) is 9.18 Å². The zero-order chi connectivity index (χ0) is 13.9. The number of carbonyl (C=O) groups is 2. The summed E-state index contributed by atoms with van der Waals surface area (Å²) in [6.45, 7) is 5.45. The van der Waals surface area contributed by atoms with E-state index in [-0.39, 0.29) is 25.9 Å². The van der Waals surface area contributed by atoms with E-state index in [0.717, 1.165) is 0 Å². The second-order valence-corrected chi connectivity index (χ2v) is 5.59. The number of nitrogens with zero attached hydrogens (tertiary/aromatic N) is 1. The van der Waals surface area contributed by atoms with E-state index in [9.17, 15) is 14.0 Å². The van der Waals surface area contributed by atoms with E-state index in [2.05, 4.69) is 0 Å². The van der Waals surface area contributed by atoms with Crippen LogP contribution in [0.5, 0.6) is 0 Å². The molecule has 2 atom stereocenters. The predicted octanol–water partition coefficient (Wildman–Crippen LogP) is 2.06. The summed E-state index contributed by atoms with van der Waals surface area (Å²) in [5, 5.41) is 8.56. The van der Waals surface area contributed by atoms with Crippen molar-refractivity contribution < 1.29 is 23.8 Å². The third-order valence-electron chi connectivity index (χ3n) is 2.74. The van der Waals surface area contributed by atoms with Crippen molar-refractivity contribution in [3.8, 4) is 0 Å². The summed E-state index contributed by atoms with van der Waals surface area (Å²) in [6, 6.07) is 0. The first-order chi connectivity index (χ1) is 8.19. The minimum Gasteiger partial charge on any atom is -0.481 e. The predicted molar refractivity (Wildman–Crippen MR) is 63.1 cm³/mol. The zero-order valence-corrected chi connectivity index (χ0v) is 11.0.